The molecule has 0 saturated heterocycles. The normalized spacial score (nSPS) is 21.1. The highest BCUT2D eigenvalue weighted by Gasteiger charge is 2.22. The van der Waals surface area contributed by atoms with Crippen LogP contribution in [-0.2, 0) is 9.53 Å². The maximum Gasteiger partial charge on any atom is 0.328 e. The summed E-state index contributed by atoms with van der Waals surface area (Å²) >= 11 is 0. The quantitative estimate of drug-likeness (QED) is 0.546. The van der Waals surface area contributed by atoms with Crippen LogP contribution in [0.2, 0.25) is 0 Å². The van der Waals surface area contributed by atoms with Crippen molar-refractivity contribution in [1.82, 2.24) is 9.97 Å². The number of hydrogen-bond acceptors (Lipinski definition) is 7. The first-order valence-corrected chi connectivity index (χ1v) is 8.03. The smallest absolute Gasteiger partial charge is 0.328 e. The molecular weight excluding hydrogens is 312 g/mol. The second-order valence-electron chi connectivity index (χ2n) is 5.81. The van der Waals surface area contributed by atoms with Crippen LogP contribution < -0.4 is 11.1 Å². The minimum atomic E-state index is -1.03. The van der Waals surface area contributed by atoms with Gasteiger partial charge in [0.15, 0.2) is 0 Å². The molecule has 0 bridgehead atoms. The summed E-state index contributed by atoms with van der Waals surface area (Å²) in [6, 6.07) is 0.213. The summed E-state index contributed by atoms with van der Waals surface area (Å²) in [4.78, 5) is 19.1. The third-order valence-electron chi connectivity index (χ3n) is 4.01. The number of carboxylic acid groups (broad SMARTS) is 1. The van der Waals surface area contributed by atoms with Gasteiger partial charge >= 0.3 is 5.97 Å². The Balaban J connectivity index is 2.05. The van der Waals surface area contributed by atoms with E-state index in [0.717, 1.165) is 31.8 Å². The summed E-state index contributed by atoms with van der Waals surface area (Å²) in [7, 11) is 0. The van der Waals surface area contributed by atoms with Crippen molar-refractivity contribution in [2.45, 2.75) is 44.8 Å². The van der Waals surface area contributed by atoms with Crippen molar-refractivity contribution in [2.24, 2.45) is 0 Å². The van der Waals surface area contributed by atoms with Crippen molar-refractivity contribution < 1.29 is 19.7 Å². The fourth-order valence-corrected chi connectivity index (χ4v) is 2.85. The van der Waals surface area contributed by atoms with E-state index in [4.69, 9.17) is 20.7 Å². The average Bonchev–Trinajstić information content (AvgIpc) is 2.53. The first kappa shape index (κ1) is 18.2. The molecule has 0 aliphatic heterocycles. The van der Waals surface area contributed by atoms with Crippen molar-refractivity contribution in [3.63, 3.8) is 0 Å². The molecule has 1 aromatic heterocycles. The van der Waals surface area contributed by atoms with E-state index in [1.54, 1.807) is 6.92 Å². The van der Waals surface area contributed by atoms with Crippen molar-refractivity contribution in [2.75, 3.05) is 24.3 Å². The average molecular weight is 336 g/mol. The lowest BCUT2D eigenvalue weighted by Crippen LogP contribution is -2.31. The molecule has 0 radical (unpaired) electrons. The van der Waals surface area contributed by atoms with Gasteiger partial charge in [0.05, 0.1) is 25.0 Å². The molecule has 0 unspecified atom stereocenters. The van der Waals surface area contributed by atoms with Crippen LogP contribution >= 0.6 is 0 Å². The largest absolute Gasteiger partial charge is 0.478 e. The molecule has 24 heavy (non-hydrogen) atoms. The van der Waals surface area contributed by atoms with E-state index in [-0.39, 0.29) is 24.7 Å². The molecular formula is C16H24N4O4. The number of aromatic nitrogens is 2. The molecule has 132 valence electrons. The number of hydrogen-bond donors (Lipinski definition) is 4. The van der Waals surface area contributed by atoms with Crippen molar-refractivity contribution >= 4 is 23.8 Å². The first-order chi connectivity index (χ1) is 11.5. The van der Waals surface area contributed by atoms with Gasteiger partial charge in [-0.3, -0.25) is 0 Å². The third kappa shape index (κ3) is 5.17. The maximum atomic E-state index is 10.8. The number of aliphatic carboxylic acids is 1. The van der Waals surface area contributed by atoms with Gasteiger partial charge in [-0.25, -0.2) is 9.78 Å². The molecule has 5 N–H and O–H groups in total. The molecule has 1 saturated carbocycles. The van der Waals surface area contributed by atoms with Gasteiger partial charge in [-0.1, -0.05) is 0 Å². The second kappa shape index (κ2) is 8.60. The van der Waals surface area contributed by atoms with E-state index in [9.17, 15) is 4.79 Å². The molecule has 0 atom stereocenters. The number of aliphatic hydroxyl groups excluding tert-OH is 1. The van der Waals surface area contributed by atoms with Crippen LogP contribution in [0.3, 0.4) is 0 Å². The number of ether oxygens (including phenoxy) is 1. The Kier molecular flexibility index (Phi) is 6.51. The van der Waals surface area contributed by atoms with Gasteiger partial charge in [-0.2, -0.15) is 4.98 Å². The zero-order chi connectivity index (χ0) is 17.5. The molecule has 1 aromatic rings. The van der Waals surface area contributed by atoms with Crippen LogP contribution in [0.5, 0.6) is 0 Å². The van der Waals surface area contributed by atoms with Crippen LogP contribution in [-0.4, -0.2) is 51.5 Å². The van der Waals surface area contributed by atoms with Crippen molar-refractivity contribution in [3.05, 3.63) is 17.3 Å². The van der Waals surface area contributed by atoms with Crippen LogP contribution in [0.1, 0.15) is 36.9 Å². The van der Waals surface area contributed by atoms with Crippen molar-refractivity contribution in [1.29, 1.82) is 0 Å². The van der Waals surface area contributed by atoms with Crippen LogP contribution in [0, 0.1) is 6.92 Å². The number of nitrogens with zero attached hydrogens (tertiary/aromatic N) is 2. The molecule has 1 fully saturated rings. The Morgan fingerprint density at radius 3 is 2.71 bits per heavy atom. The van der Waals surface area contributed by atoms with Crippen LogP contribution in [0.25, 0.3) is 6.08 Å². The first-order valence-electron chi connectivity index (χ1n) is 8.03. The molecule has 1 aliphatic rings. The fourth-order valence-electron chi connectivity index (χ4n) is 2.85. The summed E-state index contributed by atoms with van der Waals surface area (Å²) < 4.78 is 5.56. The van der Waals surface area contributed by atoms with Gasteiger partial charge in [-0.05, 0) is 38.7 Å². The summed E-state index contributed by atoms with van der Waals surface area (Å²) in [6.45, 7) is 2.18. The number of carbonyl (C=O) groups is 1. The summed E-state index contributed by atoms with van der Waals surface area (Å²) in [5.41, 5.74) is 6.98. The highest BCUT2D eigenvalue weighted by molar-refractivity contribution is 5.87. The third-order valence-corrected chi connectivity index (χ3v) is 4.01. The number of nitrogens with two attached hydrogens (primary N) is 1. The van der Waals surface area contributed by atoms with Crippen LogP contribution in [0.4, 0.5) is 11.8 Å². The minimum Gasteiger partial charge on any atom is -0.478 e. The van der Waals surface area contributed by atoms with Crippen molar-refractivity contribution in [3.8, 4) is 0 Å². The lowest BCUT2D eigenvalue weighted by atomic mass is 9.93. The van der Waals surface area contributed by atoms with Gasteiger partial charge in [0.1, 0.15) is 5.82 Å². The van der Waals surface area contributed by atoms with Gasteiger partial charge in [0, 0.05) is 17.7 Å². The van der Waals surface area contributed by atoms with E-state index in [0.29, 0.717) is 23.7 Å². The van der Waals surface area contributed by atoms with Gasteiger partial charge in [-0.15, -0.1) is 0 Å². The Morgan fingerprint density at radius 2 is 2.08 bits per heavy atom. The van der Waals surface area contributed by atoms with Gasteiger partial charge in [0.2, 0.25) is 5.95 Å². The monoisotopic (exact) mass is 336 g/mol. The zero-order valence-electron chi connectivity index (χ0n) is 13.7. The zero-order valence-corrected chi connectivity index (χ0v) is 13.7. The summed E-state index contributed by atoms with van der Waals surface area (Å²) in [6.07, 6.45) is 6.33. The number of aliphatic hydroxyl groups is 1. The predicted molar refractivity (Wildman–Crippen MR) is 90.6 cm³/mol. The summed E-state index contributed by atoms with van der Waals surface area (Å²) in [5, 5.41) is 21.0. The minimum absolute atomic E-state index is 0.0386. The summed E-state index contributed by atoms with van der Waals surface area (Å²) in [5.74, 6) is -0.321. The molecule has 0 amide bonds. The van der Waals surface area contributed by atoms with E-state index in [1.165, 1.54) is 6.08 Å². The standard InChI is InChI=1S/C16H24N4O4/c1-10-13(6-7-14(22)23)15(20-16(17)18-10)19-11-2-4-12(5-3-11)24-9-8-21/h6-7,11-12,21H,2-5,8-9H2,1H3,(H,22,23)(H3,17,18,19,20)/b7-6+. The molecule has 0 spiro atoms. The Hall–Kier alpha value is -2.19. The molecule has 2 rings (SSSR count). The number of nitrogen functional groups attached to an aromatic ring is 1. The second-order valence-corrected chi connectivity index (χ2v) is 5.81. The van der Waals surface area contributed by atoms with Gasteiger partial charge < -0.3 is 26.0 Å². The topological polar surface area (TPSA) is 131 Å². The lowest BCUT2D eigenvalue weighted by Gasteiger charge is -2.29. The molecule has 8 heteroatoms. The highest BCUT2D eigenvalue weighted by atomic mass is 16.5. The predicted octanol–water partition coefficient (Wildman–Crippen LogP) is 1.20. The Bertz CT molecular complexity index is 598. The Labute approximate surface area is 140 Å². The SMILES string of the molecule is Cc1nc(N)nc(NC2CCC(OCCO)CC2)c1/C=C/C(=O)O. The number of rotatable bonds is 7. The molecule has 0 aromatic carbocycles. The van der Waals surface area contributed by atoms with E-state index < -0.39 is 5.97 Å². The maximum absolute atomic E-state index is 10.8. The molecule has 1 heterocycles. The van der Waals surface area contributed by atoms with E-state index in [1.807, 2.05) is 0 Å². The van der Waals surface area contributed by atoms with Crippen LogP contribution in [0.15, 0.2) is 6.08 Å². The molecule has 1 aliphatic carbocycles. The van der Waals surface area contributed by atoms with E-state index in [2.05, 4.69) is 15.3 Å². The fraction of sp³-hybridized carbons (Fsp3) is 0.562. The number of carboxylic acids is 1. The lowest BCUT2D eigenvalue weighted by molar-refractivity contribution is -0.131. The molecule has 8 nitrogen and oxygen atoms in total. The highest BCUT2D eigenvalue weighted by Crippen LogP contribution is 2.26. The number of nitrogens with one attached hydrogen (secondary N) is 1. The Morgan fingerprint density at radius 1 is 1.38 bits per heavy atom. The number of aryl methyl sites for hydroxylation is 1. The van der Waals surface area contributed by atoms with E-state index >= 15 is 0 Å². The number of anilines is 2. The van der Waals surface area contributed by atoms with Gasteiger partial charge in [0.25, 0.3) is 0 Å².